The van der Waals surface area contributed by atoms with Gasteiger partial charge in [-0.25, -0.2) is 0 Å². The van der Waals surface area contributed by atoms with Crippen molar-refractivity contribution in [1.82, 2.24) is 10.2 Å². The van der Waals surface area contributed by atoms with Crippen LogP contribution in [-0.4, -0.2) is 45.2 Å². The molecule has 0 bridgehead atoms. The standard InChI is InChI=1S/C23H30N2O4/c1-27-19-15-21(29-3)20(28-2)14-18(19)16-24-22(17-10-6-4-7-11-17)23(26)25-12-8-5-9-13-25/h4,6-7,10-11,14-15,22,24H,5,8-9,12-13,16H2,1-3H3. The Bertz CT molecular complexity index is 804. The van der Waals surface area contributed by atoms with Gasteiger partial charge >= 0.3 is 0 Å². The number of hydrogen-bond acceptors (Lipinski definition) is 5. The lowest BCUT2D eigenvalue weighted by Crippen LogP contribution is -2.43. The van der Waals surface area contributed by atoms with Crippen molar-refractivity contribution in [2.45, 2.75) is 31.8 Å². The highest BCUT2D eigenvalue weighted by Crippen LogP contribution is 2.35. The zero-order chi connectivity index (χ0) is 20.6. The fourth-order valence-corrected chi connectivity index (χ4v) is 3.73. The maximum absolute atomic E-state index is 13.3. The highest BCUT2D eigenvalue weighted by atomic mass is 16.5. The third kappa shape index (κ3) is 5.01. The minimum Gasteiger partial charge on any atom is -0.496 e. The predicted molar refractivity (Wildman–Crippen MR) is 113 cm³/mol. The second-order valence-corrected chi connectivity index (χ2v) is 7.13. The number of benzene rings is 2. The van der Waals surface area contributed by atoms with Gasteiger partial charge in [0.25, 0.3) is 0 Å². The first-order valence-corrected chi connectivity index (χ1v) is 10.0. The molecular formula is C23H30N2O4. The van der Waals surface area contributed by atoms with E-state index in [0.717, 1.165) is 37.1 Å². The summed E-state index contributed by atoms with van der Waals surface area (Å²) in [6, 6.07) is 13.2. The maximum atomic E-state index is 13.3. The van der Waals surface area contributed by atoms with Gasteiger partial charge in [0.2, 0.25) is 5.91 Å². The van der Waals surface area contributed by atoms with Crippen LogP contribution in [0.3, 0.4) is 0 Å². The molecule has 156 valence electrons. The smallest absolute Gasteiger partial charge is 0.244 e. The fourth-order valence-electron chi connectivity index (χ4n) is 3.73. The Balaban J connectivity index is 1.84. The Morgan fingerprint density at radius 3 is 2.17 bits per heavy atom. The summed E-state index contributed by atoms with van der Waals surface area (Å²) in [5.41, 5.74) is 1.86. The number of methoxy groups -OCH3 is 3. The van der Waals surface area contributed by atoms with Crippen molar-refractivity contribution >= 4 is 5.91 Å². The maximum Gasteiger partial charge on any atom is 0.244 e. The Morgan fingerprint density at radius 1 is 0.931 bits per heavy atom. The molecule has 1 amide bonds. The van der Waals surface area contributed by atoms with E-state index in [9.17, 15) is 4.79 Å². The van der Waals surface area contributed by atoms with Gasteiger partial charge in [-0.1, -0.05) is 30.3 Å². The molecule has 6 heteroatoms. The number of ether oxygens (including phenoxy) is 3. The van der Waals surface area contributed by atoms with E-state index >= 15 is 0 Å². The van der Waals surface area contributed by atoms with E-state index in [1.807, 2.05) is 41.3 Å². The van der Waals surface area contributed by atoms with Crippen molar-refractivity contribution in [2.24, 2.45) is 0 Å². The molecule has 1 aliphatic rings. The molecule has 1 fully saturated rings. The molecule has 1 saturated heterocycles. The second-order valence-electron chi connectivity index (χ2n) is 7.13. The summed E-state index contributed by atoms with van der Waals surface area (Å²) in [5, 5.41) is 3.45. The van der Waals surface area contributed by atoms with Gasteiger partial charge in [-0.3, -0.25) is 10.1 Å². The summed E-state index contributed by atoms with van der Waals surface area (Å²) in [5.74, 6) is 2.04. The van der Waals surface area contributed by atoms with E-state index in [0.29, 0.717) is 23.8 Å². The van der Waals surface area contributed by atoms with Crippen molar-refractivity contribution in [2.75, 3.05) is 34.4 Å². The minimum absolute atomic E-state index is 0.121. The van der Waals surface area contributed by atoms with Crippen LogP contribution in [0.1, 0.15) is 36.4 Å². The van der Waals surface area contributed by atoms with Crippen molar-refractivity contribution in [3.05, 3.63) is 53.6 Å². The van der Waals surface area contributed by atoms with Crippen LogP contribution in [0.25, 0.3) is 0 Å². The molecule has 0 radical (unpaired) electrons. The molecule has 6 nitrogen and oxygen atoms in total. The Hall–Kier alpha value is -2.73. The average molecular weight is 399 g/mol. The van der Waals surface area contributed by atoms with Crippen molar-refractivity contribution in [1.29, 1.82) is 0 Å². The quantitative estimate of drug-likeness (QED) is 0.737. The lowest BCUT2D eigenvalue weighted by atomic mass is 10.0. The molecule has 1 unspecified atom stereocenters. The number of rotatable bonds is 8. The fraction of sp³-hybridized carbons (Fsp3) is 0.435. The first kappa shape index (κ1) is 21.0. The van der Waals surface area contributed by atoms with Crippen LogP contribution in [0.2, 0.25) is 0 Å². The summed E-state index contributed by atoms with van der Waals surface area (Å²) < 4.78 is 16.3. The minimum atomic E-state index is -0.410. The predicted octanol–water partition coefficient (Wildman–Crippen LogP) is 3.56. The number of carbonyl (C=O) groups is 1. The first-order chi connectivity index (χ1) is 14.2. The van der Waals surface area contributed by atoms with E-state index in [4.69, 9.17) is 14.2 Å². The molecule has 2 aromatic carbocycles. The number of amides is 1. The van der Waals surface area contributed by atoms with Gasteiger partial charge < -0.3 is 19.1 Å². The molecule has 1 N–H and O–H groups in total. The van der Waals surface area contributed by atoms with Crippen LogP contribution in [0.15, 0.2) is 42.5 Å². The van der Waals surface area contributed by atoms with Gasteiger partial charge in [-0.2, -0.15) is 0 Å². The van der Waals surface area contributed by atoms with E-state index in [2.05, 4.69) is 5.32 Å². The van der Waals surface area contributed by atoms with E-state index in [-0.39, 0.29) is 5.91 Å². The van der Waals surface area contributed by atoms with E-state index in [1.165, 1.54) is 6.42 Å². The van der Waals surface area contributed by atoms with Crippen LogP contribution < -0.4 is 19.5 Å². The van der Waals surface area contributed by atoms with Crippen LogP contribution in [-0.2, 0) is 11.3 Å². The molecule has 0 aromatic heterocycles. The van der Waals surface area contributed by atoms with E-state index in [1.54, 1.807) is 27.4 Å². The zero-order valence-corrected chi connectivity index (χ0v) is 17.4. The first-order valence-electron chi connectivity index (χ1n) is 10.0. The number of hydrogen-bond donors (Lipinski definition) is 1. The molecule has 0 spiro atoms. The lowest BCUT2D eigenvalue weighted by Gasteiger charge is -2.31. The summed E-state index contributed by atoms with van der Waals surface area (Å²) in [6.07, 6.45) is 3.32. The Kier molecular flexibility index (Phi) is 7.36. The van der Waals surface area contributed by atoms with Crippen molar-refractivity contribution < 1.29 is 19.0 Å². The van der Waals surface area contributed by atoms with Crippen LogP contribution in [0.5, 0.6) is 17.2 Å². The second kappa shape index (κ2) is 10.2. The third-order valence-corrected chi connectivity index (χ3v) is 5.33. The molecule has 0 aliphatic carbocycles. The van der Waals surface area contributed by atoms with Gasteiger partial charge in [0.1, 0.15) is 11.8 Å². The monoisotopic (exact) mass is 398 g/mol. The number of piperidine rings is 1. The summed E-state index contributed by atoms with van der Waals surface area (Å²) >= 11 is 0. The van der Waals surface area contributed by atoms with Gasteiger partial charge in [0.15, 0.2) is 11.5 Å². The zero-order valence-electron chi connectivity index (χ0n) is 17.4. The molecule has 0 saturated carbocycles. The lowest BCUT2D eigenvalue weighted by molar-refractivity contribution is -0.134. The topological polar surface area (TPSA) is 60.0 Å². The van der Waals surface area contributed by atoms with Crippen molar-refractivity contribution in [3.8, 4) is 17.2 Å². The highest BCUT2D eigenvalue weighted by molar-refractivity contribution is 5.83. The molecule has 3 rings (SSSR count). The molecule has 1 heterocycles. The van der Waals surface area contributed by atoms with Crippen LogP contribution in [0, 0.1) is 0 Å². The Labute approximate surface area is 172 Å². The number of carbonyl (C=O) groups excluding carboxylic acids is 1. The third-order valence-electron chi connectivity index (χ3n) is 5.33. The largest absolute Gasteiger partial charge is 0.496 e. The van der Waals surface area contributed by atoms with Gasteiger partial charge in [-0.15, -0.1) is 0 Å². The summed E-state index contributed by atoms with van der Waals surface area (Å²) in [6.45, 7) is 2.11. The van der Waals surface area contributed by atoms with Gasteiger partial charge in [-0.05, 0) is 30.9 Å². The number of nitrogens with zero attached hydrogens (tertiary/aromatic N) is 1. The molecular weight excluding hydrogens is 368 g/mol. The number of nitrogens with one attached hydrogen (secondary N) is 1. The molecule has 29 heavy (non-hydrogen) atoms. The normalized spacial score (nSPS) is 14.9. The van der Waals surface area contributed by atoms with Gasteiger partial charge in [0, 0.05) is 31.3 Å². The summed E-state index contributed by atoms with van der Waals surface area (Å²) in [7, 11) is 4.82. The number of likely N-dealkylation sites (tertiary alicyclic amines) is 1. The average Bonchev–Trinajstić information content (AvgIpc) is 2.79. The molecule has 1 atom stereocenters. The molecule has 1 aliphatic heterocycles. The SMILES string of the molecule is COc1cc(OC)c(OC)cc1CNC(C(=O)N1CCCCC1)c1ccccc1. The van der Waals surface area contributed by atoms with E-state index < -0.39 is 6.04 Å². The van der Waals surface area contributed by atoms with Gasteiger partial charge in [0.05, 0.1) is 21.3 Å². The van der Waals surface area contributed by atoms with Crippen LogP contribution >= 0.6 is 0 Å². The molecule has 2 aromatic rings. The highest BCUT2D eigenvalue weighted by Gasteiger charge is 2.27. The summed E-state index contributed by atoms with van der Waals surface area (Å²) in [4.78, 5) is 15.3. The Morgan fingerprint density at radius 2 is 1.55 bits per heavy atom. The van der Waals surface area contributed by atoms with Crippen molar-refractivity contribution in [3.63, 3.8) is 0 Å². The van der Waals surface area contributed by atoms with Crippen LogP contribution in [0.4, 0.5) is 0 Å².